The molecule has 1 aliphatic rings. The topological polar surface area (TPSA) is 124 Å². The fraction of sp³-hybridized carbons (Fsp3) is 0.217. The van der Waals surface area contributed by atoms with Gasteiger partial charge in [-0.25, -0.2) is 13.5 Å². The first-order valence-corrected chi connectivity index (χ1v) is 13.0. The van der Waals surface area contributed by atoms with Crippen LogP contribution in [-0.2, 0) is 14.8 Å². The molecule has 0 aliphatic heterocycles. The number of carboxylic acid groups (broad SMARTS) is 1. The number of carbonyl (C=O) groups excluding carboxylic acids is 1. The van der Waals surface area contributed by atoms with Crippen LogP contribution in [0.5, 0.6) is 0 Å². The van der Waals surface area contributed by atoms with E-state index in [1.165, 1.54) is 12.1 Å². The normalized spacial score (nSPS) is 19.6. The number of nitrogens with zero attached hydrogens (tertiary/aromatic N) is 1. The Morgan fingerprint density at radius 1 is 1.15 bits per heavy atom. The van der Waals surface area contributed by atoms with Gasteiger partial charge in [-0.1, -0.05) is 41.9 Å². The summed E-state index contributed by atoms with van der Waals surface area (Å²) in [6.45, 7) is 1.63. The van der Waals surface area contributed by atoms with Crippen molar-refractivity contribution in [3.8, 4) is 10.4 Å². The molecule has 8 nitrogen and oxygen atoms in total. The van der Waals surface area contributed by atoms with E-state index in [1.807, 2.05) is 0 Å². The van der Waals surface area contributed by atoms with E-state index in [1.54, 1.807) is 55.5 Å². The van der Waals surface area contributed by atoms with Gasteiger partial charge in [0.25, 0.3) is 15.9 Å². The average molecular weight is 521 g/mol. The van der Waals surface area contributed by atoms with Crippen LogP contribution < -0.4 is 4.72 Å². The third-order valence-electron chi connectivity index (χ3n) is 5.73. The summed E-state index contributed by atoms with van der Waals surface area (Å²) in [4.78, 5) is 25.5. The van der Waals surface area contributed by atoms with E-state index >= 15 is 0 Å². The lowest BCUT2D eigenvalue weighted by molar-refractivity contribution is -0.140. The van der Waals surface area contributed by atoms with Gasteiger partial charge >= 0.3 is 5.97 Å². The minimum absolute atomic E-state index is 0.0272. The summed E-state index contributed by atoms with van der Waals surface area (Å²) in [5, 5.41) is 20.9. The van der Waals surface area contributed by atoms with Gasteiger partial charge in [-0.05, 0) is 54.8 Å². The summed E-state index contributed by atoms with van der Waals surface area (Å²) < 4.78 is 28.6. The van der Waals surface area contributed by atoms with Crippen LogP contribution in [0.25, 0.3) is 10.4 Å². The summed E-state index contributed by atoms with van der Waals surface area (Å²) in [7, 11) is -4.17. The van der Waals surface area contributed by atoms with Crippen molar-refractivity contribution in [2.75, 3.05) is 6.54 Å². The van der Waals surface area contributed by atoms with Crippen molar-refractivity contribution >= 4 is 44.8 Å². The van der Waals surface area contributed by atoms with E-state index in [-0.39, 0.29) is 22.7 Å². The molecule has 34 heavy (non-hydrogen) atoms. The number of hydrogen-bond acceptors (Lipinski definition) is 6. The summed E-state index contributed by atoms with van der Waals surface area (Å²) in [5.74, 6) is -2.80. The highest BCUT2D eigenvalue weighted by Crippen LogP contribution is 2.53. The molecular formula is C23H21ClN2O6S2. The molecule has 0 unspecified atom stereocenters. The number of thiophene rings is 1. The molecule has 0 bridgehead atoms. The standard InChI is InChI=1S/C23H21ClN2O6S2/c1-2-26(30)21(27)17-6-4-3-5-16(17)18-13-23(18,22(28)29)25-34(31,32)20-12-11-19(33-20)14-7-9-15(24)10-8-14/h3-12,18,25,30H,2,13H2,1H3,(H,28,29)/t18-,23+/m0/s1. The van der Waals surface area contributed by atoms with Crippen LogP contribution in [0, 0.1) is 0 Å². The molecule has 3 N–H and O–H groups in total. The molecule has 3 aromatic rings. The van der Waals surface area contributed by atoms with Crippen LogP contribution in [0.4, 0.5) is 0 Å². The molecule has 1 heterocycles. The number of hydroxylamine groups is 2. The molecule has 0 saturated heterocycles. The van der Waals surface area contributed by atoms with Crippen LogP contribution >= 0.6 is 22.9 Å². The van der Waals surface area contributed by atoms with Crippen molar-refractivity contribution in [3.63, 3.8) is 0 Å². The van der Waals surface area contributed by atoms with Crippen LogP contribution in [0.2, 0.25) is 5.02 Å². The minimum atomic E-state index is -4.17. The predicted molar refractivity (Wildman–Crippen MR) is 128 cm³/mol. The number of halogens is 1. The van der Waals surface area contributed by atoms with Gasteiger partial charge in [-0.2, -0.15) is 4.72 Å². The van der Waals surface area contributed by atoms with Crippen molar-refractivity contribution in [1.29, 1.82) is 0 Å². The number of benzene rings is 2. The highest BCUT2D eigenvalue weighted by atomic mass is 35.5. The van der Waals surface area contributed by atoms with E-state index in [0.717, 1.165) is 16.9 Å². The molecule has 1 saturated carbocycles. The minimum Gasteiger partial charge on any atom is -0.480 e. The molecule has 4 rings (SSSR count). The number of sulfonamides is 1. The Labute approximate surface area is 205 Å². The molecule has 178 valence electrons. The first kappa shape index (κ1) is 24.4. The Morgan fingerprint density at radius 2 is 1.82 bits per heavy atom. The third kappa shape index (κ3) is 4.47. The van der Waals surface area contributed by atoms with Crippen LogP contribution in [0.1, 0.15) is 35.2 Å². The van der Waals surface area contributed by atoms with E-state index < -0.39 is 33.4 Å². The molecular weight excluding hydrogens is 500 g/mol. The monoisotopic (exact) mass is 520 g/mol. The van der Waals surface area contributed by atoms with Gasteiger partial charge in [-0.15, -0.1) is 11.3 Å². The van der Waals surface area contributed by atoms with Gasteiger partial charge in [0, 0.05) is 27.9 Å². The number of aliphatic carboxylic acids is 1. The van der Waals surface area contributed by atoms with E-state index in [9.17, 15) is 28.3 Å². The SMILES string of the molecule is CCN(O)C(=O)c1ccccc1[C@@H]1C[C@]1(NS(=O)(=O)c1ccc(-c2ccc(Cl)cc2)s1)C(=O)O. The second kappa shape index (κ2) is 9.12. The summed E-state index contributed by atoms with van der Waals surface area (Å²) >= 11 is 6.92. The fourth-order valence-electron chi connectivity index (χ4n) is 3.83. The zero-order valence-corrected chi connectivity index (χ0v) is 20.3. The number of amides is 1. The lowest BCUT2D eigenvalue weighted by Gasteiger charge is -2.18. The second-order valence-corrected chi connectivity index (χ2v) is 11.3. The van der Waals surface area contributed by atoms with Crippen molar-refractivity contribution in [2.45, 2.75) is 29.0 Å². The Balaban J connectivity index is 1.63. The first-order chi connectivity index (χ1) is 16.1. The maximum absolute atomic E-state index is 13.1. The average Bonchev–Trinajstić information content (AvgIpc) is 3.30. The lowest BCUT2D eigenvalue weighted by atomic mass is 9.99. The van der Waals surface area contributed by atoms with Gasteiger partial charge in [-0.3, -0.25) is 14.8 Å². The van der Waals surface area contributed by atoms with Crippen molar-refractivity contribution in [1.82, 2.24) is 9.79 Å². The van der Waals surface area contributed by atoms with Crippen LogP contribution in [0.15, 0.2) is 64.9 Å². The largest absolute Gasteiger partial charge is 0.480 e. The maximum atomic E-state index is 13.1. The highest BCUT2D eigenvalue weighted by Gasteiger charge is 2.64. The van der Waals surface area contributed by atoms with E-state index in [4.69, 9.17) is 11.6 Å². The number of nitrogens with one attached hydrogen (secondary N) is 1. The molecule has 1 fully saturated rings. The number of hydrogen-bond donors (Lipinski definition) is 3. The summed E-state index contributed by atoms with van der Waals surface area (Å²) in [5.41, 5.74) is -0.532. The molecule has 2 atom stereocenters. The number of carbonyl (C=O) groups is 2. The van der Waals surface area contributed by atoms with Crippen molar-refractivity contribution in [2.24, 2.45) is 0 Å². The zero-order chi connectivity index (χ0) is 24.7. The van der Waals surface area contributed by atoms with Gasteiger partial charge in [0.1, 0.15) is 9.75 Å². The molecule has 1 aliphatic carbocycles. The molecule has 1 amide bonds. The molecule has 2 aromatic carbocycles. The Kier molecular flexibility index (Phi) is 6.54. The van der Waals surface area contributed by atoms with Crippen molar-refractivity contribution < 1.29 is 28.3 Å². The predicted octanol–water partition coefficient (Wildman–Crippen LogP) is 4.21. The fourth-order valence-corrected chi connectivity index (χ4v) is 6.68. The lowest BCUT2D eigenvalue weighted by Crippen LogP contribution is -2.44. The van der Waals surface area contributed by atoms with Gasteiger partial charge in [0.15, 0.2) is 0 Å². The van der Waals surface area contributed by atoms with Gasteiger partial charge in [0.05, 0.1) is 0 Å². The van der Waals surface area contributed by atoms with Crippen LogP contribution in [0.3, 0.4) is 0 Å². The van der Waals surface area contributed by atoms with Gasteiger partial charge < -0.3 is 5.11 Å². The maximum Gasteiger partial charge on any atom is 0.325 e. The van der Waals surface area contributed by atoms with Crippen molar-refractivity contribution in [3.05, 3.63) is 76.8 Å². The Hall–Kier alpha value is -2.76. The quantitative estimate of drug-likeness (QED) is 0.302. The van der Waals surface area contributed by atoms with E-state index in [0.29, 0.717) is 20.5 Å². The second-order valence-electron chi connectivity index (χ2n) is 7.87. The summed E-state index contributed by atoms with van der Waals surface area (Å²) in [6.07, 6.45) is -0.0289. The summed E-state index contributed by atoms with van der Waals surface area (Å²) in [6, 6.07) is 16.3. The number of rotatable bonds is 8. The third-order valence-corrected chi connectivity index (χ3v) is 9.12. The molecule has 0 spiro atoms. The zero-order valence-electron chi connectivity index (χ0n) is 17.9. The van der Waals surface area contributed by atoms with Crippen LogP contribution in [-0.4, -0.2) is 47.8 Å². The Morgan fingerprint density at radius 3 is 2.47 bits per heavy atom. The van der Waals surface area contributed by atoms with Gasteiger partial charge in [0.2, 0.25) is 0 Å². The van der Waals surface area contributed by atoms with E-state index in [2.05, 4.69) is 4.72 Å². The Bertz CT molecular complexity index is 1360. The highest BCUT2D eigenvalue weighted by molar-refractivity contribution is 7.91. The molecule has 11 heteroatoms. The first-order valence-electron chi connectivity index (χ1n) is 10.3. The molecule has 1 aromatic heterocycles. The smallest absolute Gasteiger partial charge is 0.325 e. The molecule has 0 radical (unpaired) electrons. The number of carboxylic acids is 1.